The summed E-state index contributed by atoms with van der Waals surface area (Å²) >= 11 is 0. The molecule has 0 aromatic heterocycles. The van der Waals surface area contributed by atoms with Gasteiger partial charge < -0.3 is 5.32 Å². The van der Waals surface area contributed by atoms with E-state index in [1.54, 1.807) is 0 Å². The number of hydrogen-bond donors (Lipinski definition) is 1. The molecule has 0 saturated heterocycles. The molecule has 0 atom stereocenters. The Hall–Kier alpha value is -1.31. The van der Waals surface area contributed by atoms with Gasteiger partial charge in [-0.15, -0.1) is 0 Å². The van der Waals surface area contributed by atoms with Gasteiger partial charge in [0.2, 0.25) is 5.91 Å². The molecule has 0 spiro atoms. The molecule has 0 aliphatic heterocycles. The summed E-state index contributed by atoms with van der Waals surface area (Å²) in [6.45, 7) is 0. The second kappa shape index (κ2) is 3.76. The standard InChI is InChI=1S/C9H10NO/c1-10-9(11)7-8-5-3-2-4-6-8/h2-6H,1,7H2,(H,10,11). The van der Waals surface area contributed by atoms with Crippen molar-refractivity contribution >= 4 is 5.91 Å². The zero-order valence-electron chi connectivity index (χ0n) is 6.21. The fourth-order valence-corrected chi connectivity index (χ4v) is 0.844. The number of amides is 1. The maximum Gasteiger partial charge on any atom is 0.224 e. The van der Waals surface area contributed by atoms with Gasteiger partial charge in [-0.1, -0.05) is 30.3 Å². The lowest BCUT2D eigenvalue weighted by atomic mass is 10.1. The van der Waals surface area contributed by atoms with Crippen LogP contribution in [-0.4, -0.2) is 5.91 Å². The van der Waals surface area contributed by atoms with E-state index in [0.29, 0.717) is 6.42 Å². The summed E-state index contributed by atoms with van der Waals surface area (Å²) in [6.07, 6.45) is 0.407. The lowest BCUT2D eigenvalue weighted by Gasteiger charge is -1.97. The van der Waals surface area contributed by atoms with Crippen LogP contribution in [0, 0.1) is 7.05 Å². The first kappa shape index (κ1) is 7.79. The van der Waals surface area contributed by atoms with E-state index in [9.17, 15) is 4.79 Å². The van der Waals surface area contributed by atoms with Gasteiger partial charge >= 0.3 is 0 Å². The molecule has 2 heteroatoms. The van der Waals surface area contributed by atoms with Crippen LogP contribution in [0.4, 0.5) is 0 Å². The lowest BCUT2D eigenvalue weighted by molar-refractivity contribution is -0.119. The Morgan fingerprint density at radius 1 is 1.36 bits per heavy atom. The van der Waals surface area contributed by atoms with E-state index in [1.165, 1.54) is 0 Å². The Bertz CT molecular complexity index is 231. The average Bonchev–Trinajstić information content (AvgIpc) is 2.06. The number of nitrogens with one attached hydrogen (secondary N) is 1. The molecule has 1 aromatic carbocycles. The van der Waals surface area contributed by atoms with Crippen LogP contribution < -0.4 is 5.32 Å². The van der Waals surface area contributed by atoms with Gasteiger partial charge in [0.1, 0.15) is 0 Å². The predicted molar refractivity (Wildman–Crippen MR) is 43.6 cm³/mol. The van der Waals surface area contributed by atoms with Gasteiger partial charge in [0, 0.05) is 7.05 Å². The fourth-order valence-electron chi connectivity index (χ4n) is 0.844. The van der Waals surface area contributed by atoms with E-state index in [4.69, 9.17) is 0 Å². The maximum absolute atomic E-state index is 10.8. The summed E-state index contributed by atoms with van der Waals surface area (Å²) in [5, 5.41) is 2.32. The summed E-state index contributed by atoms with van der Waals surface area (Å²) in [5.74, 6) is -0.0591. The SMILES string of the molecule is [CH2]NC(=O)Cc1ccccc1. The number of rotatable bonds is 2. The highest BCUT2D eigenvalue weighted by Crippen LogP contribution is 1.98. The average molecular weight is 148 g/mol. The number of benzene rings is 1. The fraction of sp³-hybridized carbons (Fsp3) is 0.111. The molecule has 1 rings (SSSR count). The minimum atomic E-state index is -0.0591. The Kier molecular flexibility index (Phi) is 2.66. The summed E-state index contributed by atoms with van der Waals surface area (Å²) in [7, 11) is 3.28. The summed E-state index contributed by atoms with van der Waals surface area (Å²) in [5.41, 5.74) is 1.01. The van der Waals surface area contributed by atoms with E-state index >= 15 is 0 Å². The van der Waals surface area contributed by atoms with E-state index in [1.807, 2.05) is 30.3 Å². The third kappa shape index (κ3) is 2.42. The third-order valence-electron chi connectivity index (χ3n) is 1.40. The topological polar surface area (TPSA) is 29.1 Å². The molecule has 0 fully saturated rings. The van der Waals surface area contributed by atoms with E-state index in [-0.39, 0.29) is 5.91 Å². The van der Waals surface area contributed by atoms with Gasteiger partial charge in [-0.05, 0) is 5.56 Å². The quantitative estimate of drug-likeness (QED) is 0.669. The molecule has 0 aliphatic rings. The van der Waals surface area contributed by atoms with E-state index in [0.717, 1.165) is 5.56 Å². The van der Waals surface area contributed by atoms with Crippen molar-refractivity contribution in [1.29, 1.82) is 0 Å². The molecule has 1 N–H and O–H groups in total. The molecule has 1 radical (unpaired) electrons. The molecule has 0 bridgehead atoms. The Morgan fingerprint density at radius 3 is 2.55 bits per heavy atom. The highest BCUT2D eigenvalue weighted by atomic mass is 16.1. The van der Waals surface area contributed by atoms with Gasteiger partial charge in [0.25, 0.3) is 0 Å². The van der Waals surface area contributed by atoms with Gasteiger partial charge in [-0.25, -0.2) is 0 Å². The molecule has 0 aliphatic carbocycles. The highest BCUT2D eigenvalue weighted by Gasteiger charge is 1.97. The molecule has 0 unspecified atom stereocenters. The molecular formula is C9H10NO. The minimum absolute atomic E-state index is 0.0591. The summed E-state index contributed by atoms with van der Waals surface area (Å²) < 4.78 is 0. The van der Waals surface area contributed by atoms with E-state index in [2.05, 4.69) is 12.4 Å². The van der Waals surface area contributed by atoms with Crippen LogP contribution in [0.25, 0.3) is 0 Å². The van der Waals surface area contributed by atoms with Crippen molar-refractivity contribution in [3.8, 4) is 0 Å². The number of hydrogen-bond acceptors (Lipinski definition) is 1. The van der Waals surface area contributed by atoms with Gasteiger partial charge in [-0.2, -0.15) is 0 Å². The van der Waals surface area contributed by atoms with Crippen molar-refractivity contribution in [3.05, 3.63) is 42.9 Å². The summed E-state index contributed by atoms with van der Waals surface area (Å²) in [6, 6.07) is 9.56. The molecule has 11 heavy (non-hydrogen) atoms. The van der Waals surface area contributed by atoms with Crippen molar-refractivity contribution in [2.24, 2.45) is 0 Å². The zero-order valence-corrected chi connectivity index (χ0v) is 6.21. The zero-order chi connectivity index (χ0) is 8.10. The van der Waals surface area contributed by atoms with Crippen LogP contribution in [0.1, 0.15) is 5.56 Å². The Morgan fingerprint density at radius 2 is 2.00 bits per heavy atom. The number of carbonyl (C=O) groups is 1. The first-order valence-corrected chi connectivity index (χ1v) is 3.43. The monoisotopic (exact) mass is 148 g/mol. The maximum atomic E-state index is 10.8. The first-order chi connectivity index (χ1) is 5.33. The van der Waals surface area contributed by atoms with Crippen molar-refractivity contribution in [2.45, 2.75) is 6.42 Å². The second-order valence-corrected chi connectivity index (χ2v) is 2.26. The van der Waals surface area contributed by atoms with Crippen LogP contribution >= 0.6 is 0 Å². The summed E-state index contributed by atoms with van der Waals surface area (Å²) in [4.78, 5) is 10.8. The smallest absolute Gasteiger partial charge is 0.224 e. The molecular weight excluding hydrogens is 138 g/mol. The largest absolute Gasteiger partial charge is 0.354 e. The lowest BCUT2D eigenvalue weighted by Crippen LogP contribution is -2.17. The van der Waals surface area contributed by atoms with Crippen LogP contribution in [0.2, 0.25) is 0 Å². The Labute approximate surface area is 66.2 Å². The van der Waals surface area contributed by atoms with Crippen molar-refractivity contribution in [2.75, 3.05) is 0 Å². The van der Waals surface area contributed by atoms with Crippen LogP contribution in [0.5, 0.6) is 0 Å². The van der Waals surface area contributed by atoms with Crippen molar-refractivity contribution in [1.82, 2.24) is 5.32 Å². The second-order valence-electron chi connectivity index (χ2n) is 2.26. The van der Waals surface area contributed by atoms with E-state index < -0.39 is 0 Å². The first-order valence-electron chi connectivity index (χ1n) is 3.43. The van der Waals surface area contributed by atoms with Crippen molar-refractivity contribution in [3.63, 3.8) is 0 Å². The normalized spacial score (nSPS) is 9.18. The third-order valence-corrected chi connectivity index (χ3v) is 1.40. The molecule has 57 valence electrons. The minimum Gasteiger partial charge on any atom is -0.354 e. The predicted octanol–water partition coefficient (Wildman–Crippen LogP) is 1.14. The van der Waals surface area contributed by atoms with Crippen LogP contribution in [-0.2, 0) is 11.2 Å². The molecule has 2 nitrogen and oxygen atoms in total. The van der Waals surface area contributed by atoms with Crippen molar-refractivity contribution < 1.29 is 4.79 Å². The molecule has 0 heterocycles. The van der Waals surface area contributed by atoms with Crippen LogP contribution in [0.3, 0.4) is 0 Å². The van der Waals surface area contributed by atoms with Gasteiger partial charge in [-0.3, -0.25) is 4.79 Å². The number of carbonyl (C=O) groups excluding carboxylic acids is 1. The van der Waals surface area contributed by atoms with Gasteiger partial charge in [0.15, 0.2) is 0 Å². The molecule has 1 aromatic rings. The van der Waals surface area contributed by atoms with Crippen LogP contribution in [0.15, 0.2) is 30.3 Å². The Balaban J connectivity index is 2.58. The molecule has 1 amide bonds. The highest BCUT2D eigenvalue weighted by molar-refractivity contribution is 5.78. The van der Waals surface area contributed by atoms with Gasteiger partial charge in [0.05, 0.1) is 6.42 Å². The molecule has 0 saturated carbocycles.